The Bertz CT molecular complexity index is 1310. The Morgan fingerprint density at radius 3 is 2.69 bits per heavy atom. The molecule has 0 fully saturated rings. The number of aromatic amines is 2. The quantitative estimate of drug-likeness (QED) is 0.485. The van der Waals surface area contributed by atoms with E-state index < -0.39 is 11.1 Å². The summed E-state index contributed by atoms with van der Waals surface area (Å²) in [6, 6.07) is 5.27. The number of aromatic nitrogens is 6. The molecule has 0 spiro atoms. The summed E-state index contributed by atoms with van der Waals surface area (Å²) < 4.78 is 7.08. The fourth-order valence-electron chi connectivity index (χ4n) is 3.29. The second-order valence-corrected chi connectivity index (χ2v) is 6.73. The minimum atomic E-state index is -0.757. The number of rotatable bonds is 5. The van der Waals surface area contributed by atoms with E-state index in [1.54, 1.807) is 36.2 Å². The summed E-state index contributed by atoms with van der Waals surface area (Å²) in [5.41, 5.74) is 1.40. The molecule has 0 amide bonds. The third-order valence-electron chi connectivity index (χ3n) is 4.54. The number of nitrogens with one attached hydrogen (secondary N) is 2. The standard InChI is InChI=1S/C19H17ClN6O3/c1-3-11-12(20)7-13-15(23-19(28)18(27)22-13)16(11)26-14(9-29-2)24-25-17(26)10-5-4-6-21-8-10/h4-8H,3,9H2,1-2H3,(H,22,27)(H,23,28). The summed E-state index contributed by atoms with van der Waals surface area (Å²) in [5.74, 6) is 1.02. The molecule has 9 nitrogen and oxygen atoms in total. The first-order valence-corrected chi connectivity index (χ1v) is 9.24. The Morgan fingerprint density at radius 1 is 1.21 bits per heavy atom. The maximum atomic E-state index is 12.1. The van der Waals surface area contributed by atoms with Gasteiger partial charge in [0.05, 0.1) is 16.7 Å². The zero-order valence-corrected chi connectivity index (χ0v) is 16.4. The number of H-pyrrole nitrogens is 2. The van der Waals surface area contributed by atoms with E-state index in [1.807, 2.05) is 13.0 Å². The summed E-state index contributed by atoms with van der Waals surface area (Å²) >= 11 is 6.53. The predicted octanol–water partition coefficient (Wildman–Crippen LogP) is 2.22. The van der Waals surface area contributed by atoms with Crippen LogP contribution >= 0.6 is 11.6 Å². The van der Waals surface area contributed by atoms with Crippen molar-refractivity contribution in [2.45, 2.75) is 20.0 Å². The van der Waals surface area contributed by atoms with Gasteiger partial charge in [0, 0.05) is 30.1 Å². The van der Waals surface area contributed by atoms with Crippen molar-refractivity contribution in [1.82, 2.24) is 29.7 Å². The highest BCUT2D eigenvalue weighted by Gasteiger charge is 2.22. The van der Waals surface area contributed by atoms with E-state index in [-0.39, 0.29) is 6.61 Å². The fourth-order valence-corrected chi connectivity index (χ4v) is 3.62. The molecule has 3 heterocycles. The number of fused-ring (bicyclic) bond motifs is 1. The molecule has 2 N–H and O–H groups in total. The molecule has 4 aromatic rings. The minimum Gasteiger partial charge on any atom is -0.377 e. The van der Waals surface area contributed by atoms with Crippen LogP contribution in [0.4, 0.5) is 0 Å². The number of hydrogen-bond acceptors (Lipinski definition) is 6. The molecule has 29 heavy (non-hydrogen) atoms. The lowest BCUT2D eigenvalue weighted by Crippen LogP contribution is -2.29. The number of ether oxygens (including phenoxy) is 1. The molecule has 0 aliphatic carbocycles. The highest BCUT2D eigenvalue weighted by atomic mass is 35.5. The van der Waals surface area contributed by atoms with Crippen LogP contribution in [0.3, 0.4) is 0 Å². The van der Waals surface area contributed by atoms with Crippen molar-refractivity contribution in [2.24, 2.45) is 0 Å². The summed E-state index contributed by atoms with van der Waals surface area (Å²) in [4.78, 5) is 33.4. The Hall–Kier alpha value is -3.30. The molecule has 1 aromatic carbocycles. The zero-order valence-electron chi connectivity index (χ0n) is 15.7. The van der Waals surface area contributed by atoms with Crippen LogP contribution in [0, 0.1) is 0 Å². The monoisotopic (exact) mass is 412 g/mol. The first-order valence-electron chi connectivity index (χ1n) is 8.86. The average Bonchev–Trinajstić information content (AvgIpc) is 3.12. The third kappa shape index (κ3) is 3.24. The first kappa shape index (κ1) is 19.0. The molecular weight excluding hydrogens is 396 g/mol. The van der Waals surface area contributed by atoms with Crippen LogP contribution in [0.1, 0.15) is 18.3 Å². The number of halogens is 1. The number of benzene rings is 1. The van der Waals surface area contributed by atoms with Gasteiger partial charge in [-0.25, -0.2) is 0 Å². The summed E-state index contributed by atoms with van der Waals surface area (Å²) in [5, 5.41) is 9.03. The second-order valence-electron chi connectivity index (χ2n) is 6.32. The lowest BCUT2D eigenvalue weighted by atomic mass is 10.1. The molecule has 0 bridgehead atoms. The van der Waals surface area contributed by atoms with Gasteiger partial charge in [-0.1, -0.05) is 18.5 Å². The van der Waals surface area contributed by atoms with Crippen molar-refractivity contribution in [1.29, 1.82) is 0 Å². The molecule has 0 saturated heterocycles. The molecule has 0 radical (unpaired) electrons. The second kappa shape index (κ2) is 7.61. The van der Waals surface area contributed by atoms with Crippen LogP contribution in [0.15, 0.2) is 40.2 Å². The molecule has 0 unspecified atom stereocenters. The molecule has 4 rings (SSSR count). The van der Waals surface area contributed by atoms with Gasteiger partial charge in [0.1, 0.15) is 6.61 Å². The van der Waals surface area contributed by atoms with Crippen molar-refractivity contribution in [3.63, 3.8) is 0 Å². The number of pyridine rings is 1. The van der Waals surface area contributed by atoms with Gasteiger partial charge in [-0.05, 0) is 30.2 Å². The number of nitrogens with zero attached hydrogens (tertiary/aromatic N) is 4. The molecular formula is C19H17ClN6O3. The third-order valence-corrected chi connectivity index (χ3v) is 4.88. The normalized spacial score (nSPS) is 11.3. The van der Waals surface area contributed by atoms with Crippen LogP contribution in [0.25, 0.3) is 28.1 Å². The Balaban J connectivity index is 2.17. The molecule has 0 saturated carbocycles. The fraction of sp³-hybridized carbons (Fsp3) is 0.211. The average molecular weight is 413 g/mol. The topological polar surface area (TPSA) is 119 Å². The Morgan fingerprint density at radius 2 is 2.00 bits per heavy atom. The maximum absolute atomic E-state index is 12.1. The van der Waals surface area contributed by atoms with E-state index in [2.05, 4.69) is 25.1 Å². The van der Waals surface area contributed by atoms with Crippen molar-refractivity contribution in [3.05, 3.63) is 67.7 Å². The van der Waals surface area contributed by atoms with Gasteiger partial charge in [0.25, 0.3) is 0 Å². The highest BCUT2D eigenvalue weighted by Crippen LogP contribution is 2.33. The minimum absolute atomic E-state index is 0.179. The zero-order chi connectivity index (χ0) is 20.5. The smallest absolute Gasteiger partial charge is 0.314 e. The predicted molar refractivity (Wildman–Crippen MR) is 108 cm³/mol. The van der Waals surface area contributed by atoms with Crippen LogP contribution in [-0.4, -0.2) is 36.8 Å². The van der Waals surface area contributed by atoms with Crippen molar-refractivity contribution >= 4 is 22.6 Å². The van der Waals surface area contributed by atoms with Gasteiger partial charge in [-0.3, -0.25) is 19.1 Å². The van der Waals surface area contributed by atoms with Crippen molar-refractivity contribution in [2.75, 3.05) is 7.11 Å². The summed E-state index contributed by atoms with van der Waals surface area (Å²) in [6.07, 6.45) is 3.90. The van der Waals surface area contributed by atoms with E-state index >= 15 is 0 Å². The SMILES string of the molecule is CCc1c(Cl)cc2[nH]c(=O)c(=O)[nH]c2c1-n1c(COC)nnc1-c1cccnc1. The molecule has 0 atom stereocenters. The van der Waals surface area contributed by atoms with Crippen molar-refractivity contribution in [3.8, 4) is 17.1 Å². The highest BCUT2D eigenvalue weighted by molar-refractivity contribution is 6.32. The van der Waals surface area contributed by atoms with Crippen LogP contribution in [-0.2, 0) is 17.8 Å². The van der Waals surface area contributed by atoms with Gasteiger partial charge in [-0.15, -0.1) is 10.2 Å². The van der Waals surface area contributed by atoms with Crippen LogP contribution in [0.2, 0.25) is 5.02 Å². The van der Waals surface area contributed by atoms with Crippen LogP contribution < -0.4 is 11.1 Å². The largest absolute Gasteiger partial charge is 0.377 e. The van der Waals surface area contributed by atoms with E-state index in [0.29, 0.717) is 39.8 Å². The summed E-state index contributed by atoms with van der Waals surface area (Å²) in [6.45, 7) is 2.13. The molecule has 0 aliphatic rings. The van der Waals surface area contributed by atoms with E-state index in [4.69, 9.17) is 16.3 Å². The summed E-state index contributed by atoms with van der Waals surface area (Å²) in [7, 11) is 1.55. The Labute approximate surface area is 169 Å². The molecule has 0 aliphatic heterocycles. The van der Waals surface area contributed by atoms with Crippen molar-refractivity contribution < 1.29 is 4.74 Å². The lowest BCUT2D eigenvalue weighted by molar-refractivity contribution is 0.176. The number of hydrogen-bond donors (Lipinski definition) is 2. The van der Waals surface area contributed by atoms with Gasteiger partial charge < -0.3 is 14.7 Å². The lowest BCUT2D eigenvalue weighted by Gasteiger charge is -2.17. The number of methoxy groups -OCH3 is 1. The molecule has 148 valence electrons. The van der Waals surface area contributed by atoms with Crippen LogP contribution in [0.5, 0.6) is 0 Å². The molecule has 10 heteroatoms. The van der Waals surface area contributed by atoms with E-state index in [0.717, 1.165) is 11.1 Å². The van der Waals surface area contributed by atoms with E-state index in [9.17, 15) is 9.59 Å². The Kier molecular flexibility index (Phi) is 4.99. The van der Waals surface area contributed by atoms with Gasteiger partial charge in [0.2, 0.25) is 0 Å². The maximum Gasteiger partial charge on any atom is 0.314 e. The van der Waals surface area contributed by atoms with E-state index in [1.165, 1.54) is 0 Å². The van der Waals surface area contributed by atoms with Gasteiger partial charge in [-0.2, -0.15) is 0 Å². The first-order chi connectivity index (χ1) is 14.0. The van der Waals surface area contributed by atoms with Gasteiger partial charge in [0.15, 0.2) is 11.6 Å². The van der Waals surface area contributed by atoms with Gasteiger partial charge >= 0.3 is 11.1 Å². The molecule has 3 aromatic heterocycles.